The molecule has 0 bridgehead atoms. The van der Waals surface area contributed by atoms with Gasteiger partial charge in [0, 0.05) is 23.5 Å². The van der Waals surface area contributed by atoms with Gasteiger partial charge in [0.15, 0.2) is 6.61 Å². The molecule has 0 amide bonds. The smallest absolute Gasteiger partial charge is 0.174 e. The van der Waals surface area contributed by atoms with E-state index in [4.69, 9.17) is 10.00 Å². The molecule has 1 aromatic carbocycles. The lowest BCUT2D eigenvalue weighted by molar-refractivity contribution is 0.368. The summed E-state index contributed by atoms with van der Waals surface area (Å²) in [6, 6.07) is 10.3. The first kappa shape index (κ1) is 11.2. The van der Waals surface area contributed by atoms with E-state index in [0.29, 0.717) is 6.04 Å². The van der Waals surface area contributed by atoms with E-state index in [2.05, 4.69) is 5.32 Å². The van der Waals surface area contributed by atoms with E-state index in [0.717, 1.165) is 11.4 Å². The molecule has 0 spiro atoms. The van der Waals surface area contributed by atoms with E-state index >= 15 is 0 Å². The first-order chi connectivity index (χ1) is 7.88. The van der Waals surface area contributed by atoms with Gasteiger partial charge >= 0.3 is 0 Å². The van der Waals surface area contributed by atoms with Crippen LogP contribution in [0.3, 0.4) is 0 Å². The van der Waals surface area contributed by atoms with Crippen molar-refractivity contribution in [3.63, 3.8) is 0 Å². The molecule has 0 radical (unpaired) electrons. The van der Waals surface area contributed by atoms with Gasteiger partial charge in [-0.15, -0.1) is 0 Å². The fraction of sp³-hybridized carbons (Fsp3) is 0.417. The number of rotatable bonds is 4. The van der Waals surface area contributed by atoms with Crippen LogP contribution in [-0.4, -0.2) is 24.2 Å². The molecular weight excluding hydrogens is 220 g/mol. The number of hydrogen-bond donors (Lipinski definition) is 1. The number of anilines is 1. The van der Waals surface area contributed by atoms with Crippen molar-refractivity contribution in [1.82, 2.24) is 0 Å². The Morgan fingerprint density at radius 1 is 1.56 bits per heavy atom. The zero-order valence-electron chi connectivity index (χ0n) is 8.98. The molecule has 1 aromatic rings. The first-order valence-electron chi connectivity index (χ1n) is 5.32. The Labute approximate surface area is 99.8 Å². The van der Waals surface area contributed by atoms with Crippen LogP contribution < -0.4 is 10.1 Å². The summed E-state index contributed by atoms with van der Waals surface area (Å²) >= 11 is 1.98. The molecule has 2 rings (SSSR count). The molecule has 3 nitrogen and oxygen atoms in total. The van der Waals surface area contributed by atoms with Gasteiger partial charge < -0.3 is 10.1 Å². The minimum absolute atomic E-state index is 0.0999. The second-order valence-electron chi connectivity index (χ2n) is 3.68. The summed E-state index contributed by atoms with van der Waals surface area (Å²) < 4.78 is 5.25. The zero-order chi connectivity index (χ0) is 11.2. The molecule has 0 saturated carbocycles. The highest BCUT2D eigenvalue weighted by molar-refractivity contribution is 7.99. The van der Waals surface area contributed by atoms with Crippen LogP contribution in [0.25, 0.3) is 0 Å². The Hall–Kier alpha value is -1.34. The summed E-state index contributed by atoms with van der Waals surface area (Å²) in [6.07, 6.45) is 1.22. The van der Waals surface area contributed by atoms with Gasteiger partial charge in [-0.1, -0.05) is 6.07 Å². The number of ether oxygens (including phenoxy) is 1. The van der Waals surface area contributed by atoms with Crippen LogP contribution in [0.2, 0.25) is 0 Å². The maximum Gasteiger partial charge on any atom is 0.174 e. The van der Waals surface area contributed by atoms with E-state index in [1.54, 1.807) is 0 Å². The molecule has 1 unspecified atom stereocenters. The van der Waals surface area contributed by atoms with Gasteiger partial charge in [-0.25, -0.2) is 0 Å². The summed E-state index contributed by atoms with van der Waals surface area (Å²) in [5, 5.41) is 11.9. The van der Waals surface area contributed by atoms with Crippen LogP contribution in [0.1, 0.15) is 6.42 Å². The second kappa shape index (κ2) is 5.66. The highest BCUT2D eigenvalue weighted by Crippen LogP contribution is 2.23. The third-order valence-electron chi connectivity index (χ3n) is 2.44. The number of hydrogen-bond acceptors (Lipinski definition) is 4. The van der Waals surface area contributed by atoms with Crippen molar-refractivity contribution < 1.29 is 4.74 Å². The molecule has 1 aliphatic heterocycles. The topological polar surface area (TPSA) is 45.0 Å². The summed E-state index contributed by atoms with van der Waals surface area (Å²) in [5.74, 6) is 3.16. The summed E-state index contributed by atoms with van der Waals surface area (Å²) in [6.45, 7) is 0.0999. The molecule has 0 aliphatic carbocycles. The summed E-state index contributed by atoms with van der Waals surface area (Å²) in [5.41, 5.74) is 1.07. The fourth-order valence-corrected chi connectivity index (χ4v) is 2.83. The van der Waals surface area contributed by atoms with Gasteiger partial charge in [-0.05, 0) is 24.3 Å². The summed E-state index contributed by atoms with van der Waals surface area (Å²) in [7, 11) is 0. The quantitative estimate of drug-likeness (QED) is 0.869. The Balaban J connectivity index is 1.95. The molecule has 1 heterocycles. The maximum absolute atomic E-state index is 8.43. The highest BCUT2D eigenvalue weighted by Gasteiger charge is 2.14. The van der Waals surface area contributed by atoms with E-state index in [-0.39, 0.29) is 6.61 Å². The van der Waals surface area contributed by atoms with Gasteiger partial charge in [-0.3, -0.25) is 0 Å². The molecule has 4 heteroatoms. The fourth-order valence-electron chi connectivity index (χ4n) is 1.68. The SMILES string of the molecule is N#CCOc1cccc(NC2CCSC2)c1. The molecule has 1 atom stereocenters. The van der Waals surface area contributed by atoms with Crippen LogP contribution in [0.5, 0.6) is 5.75 Å². The van der Waals surface area contributed by atoms with Crippen molar-refractivity contribution >= 4 is 17.4 Å². The van der Waals surface area contributed by atoms with Crippen molar-refractivity contribution in [2.75, 3.05) is 23.4 Å². The van der Waals surface area contributed by atoms with Crippen LogP contribution in [0, 0.1) is 11.3 Å². The molecule has 1 fully saturated rings. The lowest BCUT2D eigenvalue weighted by atomic mass is 10.2. The Bertz CT molecular complexity index is 383. The zero-order valence-corrected chi connectivity index (χ0v) is 9.80. The van der Waals surface area contributed by atoms with Crippen LogP contribution in [0.15, 0.2) is 24.3 Å². The monoisotopic (exact) mass is 234 g/mol. The van der Waals surface area contributed by atoms with Crippen molar-refractivity contribution in [3.8, 4) is 11.8 Å². The third-order valence-corrected chi connectivity index (χ3v) is 3.60. The van der Waals surface area contributed by atoms with E-state index < -0.39 is 0 Å². The Morgan fingerprint density at radius 2 is 2.50 bits per heavy atom. The van der Waals surface area contributed by atoms with Gasteiger partial charge in [-0.2, -0.15) is 17.0 Å². The molecule has 16 heavy (non-hydrogen) atoms. The molecule has 1 saturated heterocycles. The number of thioether (sulfide) groups is 1. The van der Waals surface area contributed by atoms with Gasteiger partial charge in [0.25, 0.3) is 0 Å². The number of benzene rings is 1. The Kier molecular flexibility index (Phi) is 3.95. The third kappa shape index (κ3) is 3.07. The van der Waals surface area contributed by atoms with E-state index in [1.165, 1.54) is 17.9 Å². The lowest BCUT2D eigenvalue weighted by Crippen LogP contribution is -2.17. The van der Waals surface area contributed by atoms with Crippen LogP contribution >= 0.6 is 11.8 Å². The molecule has 1 N–H and O–H groups in total. The van der Waals surface area contributed by atoms with Crippen molar-refractivity contribution in [1.29, 1.82) is 5.26 Å². The minimum atomic E-state index is 0.0999. The maximum atomic E-state index is 8.43. The van der Waals surface area contributed by atoms with E-state index in [1.807, 2.05) is 42.1 Å². The van der Waals surface area contributed by atoms with Crippen molar-refractivity contribution in [3.05, 3.63) is 24.3 Å². The number of nitrogens with one attached hydrogen (secondary N) is 1. The first-order valence-corrected chi connectivity index (χ1v) is 6.48. The highest BCUT2D eigenvalue weighted by atomic mass is 32.2. The molecule has 84 valence electrons. The summed E-state index contributed by atoms with van der Waals surface area (Å²) in [4.78, 5) is 0. The predicted molar refractivity (Wildman–Crippen MR) is 66.9 cm³/mol. The molecular formula is C12H14N2OS. The lowest BCUT2D eigenvalue weighted by Gasteiger charge is -2.13. The van der Waals surface area contributed by atoms with Gasteiger partial charge in [0.2, 0.25) is 0 Å². The van der Waals surface area contributed by atoms with Crippen LogP contribution in [0.4, 0.5) is 5.69 Å². The average molecular weight is 234 g/mol. The number of nitriles is 1. The molecule has 1 aliphatic rings. The average Bonchev–Trinajstić information content (AvgIpc) is 2.80. The van der Waals surface area contributed by atoms with Gasteiger partial charge in [0.1, 0.15) is 11.8 Å². The largest absolute Gasteiger partial charge is 0.479 e. The predicted octanol–water partition coefficient (Wildman–Crippen LogP) is 2.51. The molecule has 0 aromatic heterocycles. The van der Waals surface area contributed by atoms with Crippen molar-refractivity contribution in [2.24, 2.45) is 0 Å². The number of nitrogens with zero attached hydrogens (tertiary/aromatic N) is 1. The normalized spacial score (nSPS) is 19.1. The van der Waals surface area contributed by atoms with Crippen molar-refractivity contribution in [2.45, 2.75) is 12.5 Å². The minimum Gasteiger partial charge on any atom is -0.479 e. The second-order valence-corrected chi connectivity index (χ2v) is 4.83. The standard InChI is InChI=1S/C12H14N2OS/c13-5-6-15-12-3-1-2-10(8-12)14-11-4-7-16-9-11/h1-3,8,11,14H,4,6-7,9H2. The Morgan fingerprint density at radius 3 is 3.25 bits per heavy atom. The van der Waals surface area contributed by atoms with Gasteiger partial charge in [0.05, 0.1) is 0 Å². The van der Waals surface area contributed by atoms with Crippen LogP contribution in [-0.2, 0) is 0 Å². The van der Waals surface area contributed by atoms with E-state index in [9.17, 15) is 0 Å².